The quantitative estimate of drug-likeness (QED) is 0.888. The summed E-state index contributed by atoms with van der Waals surface area (Å²) in [6, 6.07) is 10.9. The fourth-order valence-corrected chi connectivity index (χ4v) is 4.15. The van der Waals surface area contributed by atoms with Crippen molar-refractivity contribution in [3.63, 3.8) is 0 Å². The molecule has 4 nitrogen and oxygen atoms in total. The third-order valence-electron chi connectivity index (χ3n) is 5.64. The SMILES string of the molecule is O=C(CCC(=O)N1CCC[C@H](c2ccccc2)CC1)NC1CCCC1. The van der Waals surface area contributed by atoms with Crippen LogP contribution in [0.3, 0.4) is 0 Å². The minimum absolute atomic E-state index is 0.0391. The Balaban J connectivity index is 1.42. The van der Waals surface area contributed by atoms with E-state index in [1.807, 2.05) is 11.0 Å². The maximum absolute atomic E-state index is 12.5. The van der Waals surface area contributed by atoms with E-state index in [0.29, 0.717) is 24.8 Å². The zero-order valence-electron chi connectivity index (χ0n) is 15.1. The van der Waals surface area contributed by atoms with E-state index in [0.717, 1.165) is 45.2 Å². The Morgan fingerprint density at radius 1 is 0.920 bits per heavy atom. The molecule has 136 valence electrons. The number of likely N-dealkylation sites (tertiary alicyclic amines) is 1. The summed E-state index contributed by atoms with van der Waals surface area (Å²) in [7, 11) is 0. The van der Waals surface area contributed by atoms with Crippen molar-refractivity contribution in [2.45, 2.75) is 69.7 Å². The lowest BCUT2D eigenvalue weighted by molar-refractivity contribution is -0.133. The van der Waals surface area contributed by atoms with Crippen molar-refractivity contribution >= 4 is 11.8 Å². The number of carbonyl (C=O) groups is 2. The van der Waals surface area contributed by atoms with E-state index in [4.69, 9.17) is 0 Å². The van der Waals surface area contributed by atoms with Crippen LogP contribution >= 0.6 is 0 Å². The summed E-state index contributed by atoms with van der Waals surface area (Å²) in [6.07, 6.45) is 8.46. The Morgan fingerprint density at radius 3 is 2.44 bits per heavy atom. The first-order valence-electron chi connectivity index (χ1n) is 9.84. The molecule has 0 bridgehead atoms. The van der Waals surface area contributed by atoms with Crippen LogP contribution in [0.4, 0.5) is 0 Å². The van der Waals surface area contributed by atoms with Gasteiger partial charge >= 0.3 is 0 Å². The summed E-state index contributed by atoms with van der Waals surface area (Å²) in [5.41, 5.74) is 1.38. The lowest BCUT2D eigenvalue weighted by Crippen LogP contribution is -2.35. The van der Waals surface area contributed by atoms with Gasteiger partial charge in [-0.25, -0.2) is 0 Å². The van der Waals surface area contributed by atoms with Crippen LogP contribution < -0.4 is 5.32 Å². The lowest BCUT2D eigenvalue weighted by Gasteiger charge is -2.21. The van der Waals surface area contributed by atoms with Gasteiger partial charge in [-0.3, -0.25) is 9.59 Å². The number of rotatable bonds is 5. The molecule has 1 atom stereocenters. The Labute approximate surface area is 151 Å². The van der Waals surface area contributed by atoms with E-state index in [2.05, 4.69) is 29.6 Å². The van der Waals surface area contributed by atoms with Crippen LogP contribution in [0.15, 0.2) is 30.3 Å². The van der Waals surface area contributed by atoms with Gasteiger partial charge in [-0.1, -0.05) is 43.2 Å². The predicted octanol–water partition coefficient (Wildman–Crippen LogP) is 3.62. The van der Waals surface area contributed by atoms with Crippen LogP contribution in [0.5, 0.6) is 0 Å². The normalized spacial score (nSPS) is 21.8. The van der Waals surface area contributed by atoms with Gasteiger partial charge in [0, 0.05) is 32.0 Å². The van der Waals surface area contributed by atoms with Crippen molar-refractivity contribution in [1.82, 2.24) is 10.2 Å². The van der Waals surface area contributed by atoms with Crippen LogP contribution in [-0.2, 0) is 9.59 Å². The van der Waals surface area contributed by atoms with Crippen molar-refractivity contribution in [3.05, 3.63) is 35.9 Å². The standard InChI is InChI=1S/C21H30N2O2/c24-20(22-19-10-4-5-11-19)12-13-21(25)23-15-6-9-18(14-16-23)17-7-2-1-3-8-17/h1-3,7-8,18-19H,4-6,9-16H2,(H,22,24)/t18-/m0/s1. The third-order valence-corrected chi connectivity index (χ3v) is 5.64. The minimum Gasteiger partial charge on any atom is -0.353 e. The zero-order chi connectivity index (χ0) is 17.5. The maximum atomic E-state index is 12.5. The van der Waals surface area contributed by atoms with Gasteiger partial charge in [0.1, 0.15) is 0 Å². The first-order valence-corrected chi connectivity index (χ1v) is 9.84. The van der Waals surface area contributed by atoms with Gasteiger partial charge < -0.3 is 10.2 Å². The van der Waals surface area contributed by atoms with Gasteiger partial charge in [0.05, 0.1) is 0 Å². The summed E-state index contributed by atoms with van der Waals surface area (Å²) >= 11 is 0. The highest BCUT2D eigenvalue weighted by molar-refractivity contribution is 5.83. The van der Waals surface area contributed by atoms with Gasteiger partial charge in [-0.05, 0) is 43.6 Å². The lowest BCUT2D eigenvalue weighted by atomic mass is 9.92. The van der Waals surface area contributed by atoms with E-state index in [-0.39, 0.29) is 11.8 Å². The molecular weight excluding hydrogens is 312 g/mol. The average Bonchev–Trinajstić information content (AvgIpc) is 3.01. The molecule has 0 radical (unpaired) electrons. The second kappa shape index (κ2) is 9.02. The number of benzene rings is 1. The van der Waals surface area contributed by atoms with Gasteiger partial charge in [0.15, 0.2) is 0 Å². The molecule has 1 aliphatic heterocycles. The summed E-state index contributed by atoms with van der Waals surface area (Å²) in [5, 5.41) is 3.07. The second-order valence-corrected chi connectivity index (χ2v) is 7.47. The summed E-state index contributed by atoms with van der Waals surface area (Å²) in [4.78, 5) is 26.5. The molecule has 1 heterocycles. The molecule has 2 fully saturated rings. The second-order valence-electron chi connectivity index (χ2n) is 7.47. The van der Waals surface area contributed by atoms with Crippen LogP contribution in [-0.4, -0.2) is 35.8 Å². The summed E-state index contributed by atoms with van der Waals surface area (Å²) in [6.45, 7) is 1.63. The van der Waals surface area contributed by atoms with Gasteiger partial charge in [-0.15, -0.1) is 0 Å². The smallest absolute Gasteiger partial charge is 0.223 e. The fourth-order valence-electron chi connectivity index (χ4n) is 4.15. The monoisotopic (exact) mass is 342 g/mol. The van der Waals surface area contributed by atoms with Gasteiger partial charge in [0.2, 0.25) is 11.8 Å². The molecule has 1 aromatic rings. The summed E-state index contributed by atoms with van der Waals surface area (Å²) < 4.78 is 0. The molecule has 0 spiro atoms. The average molecular weight is 342 g/mol. The van der Waals surface area contributed by atoms with E-state index in [1.54, 1.807) is 0 Å². The van der Waals surface area contributed by atoms with E-state index in [1.165, 1.54) is 18.4 Å². The molecule has 2 aliphatic rings. The molecule has 1 saturated carbocycles. The number of hydrogen-bond donors (Lipinski definition) is 1. The number of nitrogens with one attached hydrogen (secondary N) is 1. The molecule has 0 unspecified atom stereocenters. The molecule has 2 amide bonds. The highest BCUT2D eigenvalue weighted by Crippen LogP contribution is 2.28. The van der Waals surface area contributed by atoms with Crippen molar-refractivity contribution in [2.75, 3.05) is 13.1 Å². The van der Waals surface area contributed by atoms with E-state index >= 15 is 0 Å². The summed E-state index contributed by atoms with van der Waals surface area (Å²) in [5.74, 6) is 0.720. The van der Waals surface area contributed by atoms with Crippen LogP contribution in [0, 0.1) is 0 Å². The van der Waals surface area contributed by atoms with Crippen LogP contribution in [0.25, 0.3) is 0 Å². The van der Waals surface area contributed by atoms with Crippen LogP contribution in [0.2, 0.25) is 0 Å². The van der Waals surface area contributed by atoms with Crippen LogP contribution in [0.1, 0.15) is 69.3 Å². The first kappa shape index (κ1) is 18.0. The molecule has 25 heavy (non-hydrogen) atoms. The number of hydrogen-bond acceptors (Lipinski definition) is 2. The highest BCUT2D eigenvalue weighted by Gasteiger charge is 2.22. The molecule has 1 N–H and O–H groups in total. The molecule has 4 heteroatoms. The molecule has 1 aliphatic carbocycles. The highest BCUT2D eigenvalue weighted by atomic mass is 16.2. The Morgan fingerprint density at radius 2 is 1.68 bits per heavy atom. The van der Waals surface area contributed by atoms with Gasteiger partial charge in [0.25, 0.3) is 0 Å². The number of nitrogens with zero attached hydrogens (tertiary/aromatic N) is 1. The maximum Gasteiger partial charge on any atom is 0.223 e. The fraction of sp³-hybridized carbons (Fsp3) is 0.619. The van der Waals surface area contributed by atoms with Crippen molar-refractivity contribution in [3.8, 4) is 0 Å². The number of amides is 2. The minimum atomic E-state index is 0.0391. The Kier molecular flexibility index (Phi) is 6.48. The molecular formula is C21H30N2O2. The molecule has 1 aromatic carbocycles. The first-order chi connectivity index (χ1) is 12.2. The van der Waals surface area contributed by atoms with Crippen molar-refractivity contribution < 1.29 is 9.59 Å². The Hall–Kier alpha value is -1.84. The van der Waals surface area contributed by atoms with Gasteiger partial charge in [-0.2, -0.15) is 0 Å². The van der Waals surface area contributed by atoms with Crippen molar-refractivity contribution in [2.24, 2.45) is 0 Å². The molecule has 0 aromatic heterocycles. The largest absolute Gasteiger partial charge is 0.353 e. The van der Waals surface area contributed by atoms with E-state index < -0.39 is 0 Å². The molecule has 3 rings (SSSR count). The zero-order valence-corrected chi connectivity index (χ0v) is 15.1. The predicted molar refractivity (Wildman–Crippen MR) is 99.2 cm³/mol. The third kappa shape index (κ3) is 5.32. The number of carbonyl (C=O) groups excluding carboxylic acids is 2. The Bertz CT molecular complexity index is 567. The van der Waals surface area contributed by atoms with E-state index in [9.17, 15) is 9.59 Å². The van der Waals surface area contributed by atoms with Crippen molar-refractivity contribution in [1.29, 1.82) is 0 Å². The molecule has 1 saturated heterocycles. The topological polar surface area (TPSA) is 49.4 Å².